The average Bonchev–Trinajstić information content (AvgIpc) is 3.41. The number of ether oxygens (including phenoxy) is 1. The number of nitrogens with zero attached hydrogens (tertiary/aromatic N) is 2. The van der Waals surface area contributed by atoms with Gasteiger partial charge in [-0.05, 0) is 37.8 Å². The molecule has 3 rings (SSSR count). The van der Waals surface area contributed by atoms with Crippen LogP contribution >= 0.6 is 0 Å². The first-order valence-electron chi connectivity index (χ1n) is 8.60. The van der Waals surface area contributed by atoms with E-state index in [-0.39, 0.29) is 12.0 Å². The van der Waals surface area contributed by atoms with Crippen molar-refractivity contribution >= 4 is 5.91 Å². The van der Waals surface area contributed by atoms with E-state index in [0.29, 0.717) is 36.9 Å². The highest BCUT2D eigenvalue weighted by molar-refractivity contribution is 5.97. The fraction of sp³-hybridized carbons (Fsp3) is 0.611. The summed E-state index contributed by atoms with van der Waals surface area (Å²) < 4.78 is 5.57. The van der Waals surface area contributed by atoms with Crippen LogP contribution in [-0.2, 0) is 0 Å². The van der Waals surface area contributed by atoms with Crippen LogP contribution < -0.4 is 4.74 Å². The largest absolute Gasteiger partial charge is 0.493 e. The molecule has 0 radical (unpaired) electrons. The number of para-hydroxylation sites is 1. The first-order valence-corrected chi connectivity index (χ1v) is 8.60. The Balaban J connectivity index is 1.55. The number of hydrogen-bond acceptors (Lipinski definition) is 4. The Labute approximate surface area is 137 Å². The van der Waals surface area contributed by atoms with Gasteiger partial charge in [-0.2, -0.15) is 0 Å². The van der Waals surface area contributed by atoms with E-state index in [1.807, 2.05) is 36.1 Å². The van der Waals surface area contributed by atoms with Crippen LogP contribution in [0.1, 0.15) is 30.1 Å². The molecule has 1 aliphatic carbocycles. The molecule has 1 heterocycles. The van der Waals surface area contributed by atoms with Crippen LogP contribution in [0.4, 0.5) is 0 Å². The summed E-state index contributed by atoms with van der Waals surface area (Å²) in [5, 5.41) is 10.1. The van der Waals surface area contributed by atoms with Crippen molar-refractivity contribution in [1.82, 2.24) is 9.80 Å². The molecule has 0 unspecified atom stereocenters. The molecule has 0 aromatic heterocycles. The molecule has 1 saturated carbocycles. The number of hydrogen-bond donors (Lipinski definition) is 1. The quantitative estimate of drug-likeness (QED) is 0.866. The summed E-state index contributed by atoms with van der Waals surface area (Å²) in [6, 6.07) is 7.44. The van der Waals surface area contributed by atoms with Crippen molar-refractivity contribution in [2.75, 3.05) is 39.3 Å². The second-order valence-electron chi connectivity index (χ2n) is 6.43. The molecule has 2 aliphatic rings. The third-order valence-electron chi connectivity index (χ3n) is 4.69. The van der Waals surface area contributed by atoms with Crippen LogP contribution in [0.25, 0.3) is 0 Å². The Kier molecular flexibility index (Phi) is 5.18. The lowest BCUT2D eigenvalue weighted by Crippen LogP contribution is -2.50. The number of carbonyl (C=O) groups excluding carboxylic acids is 1. The number of benzene rings is 1. The number of rotatable bonds is 6. The first-order chi connectivity index (χ1) is 11.2. The van der Waals surface area contributed by atoms with E-state index in [1.54, 1.807) is 0 Å². The minimum Gasteiger partial charge on any atom is -0.493 e. The zero-order valence-electron chi connectivity index (χ0n) is 13.8. The van der Waals surface area contributed by atoms with E-state index in [9.17, 15) is 9.90 Å². The van der Waals surface area contributed by atoms with Crippen LogP contribution in [0.15, 0.2) is 24.3 Å². The summed E-state index contributed by atoms with van der Waals surface area (Å²) in [6.07, 6.45) is 2.12. The van der Waals surface area contributed by atoms with Gasteiger partial charge in [0.2, 0.25) is 0 Å². The minimum atomic E-state index is -0.198. The summed E-state index contributed by atoms with van der Waals surface area (Å²) in [6.45, 7) is 6.27. The Hall–Kier alpha value is -1.59. The second-order valence-corrected chi connectivity index (χ2v) is 6.43. The van der Waals surface area contributed by atoms with Gasteiger partial charge in [-0.3, -0.25) is 9.69 Å². The number of β-amino-alcohol motifs (C(OH)–C–C–N with tert-alkyl or cyclic N) is 1. The molecule has 1 aromatic rings. The molecule has 1 saturated heterocycles. The zero-order valence-corrected chi connectivity index (χ0v) is 13.8. The van der Waals surface area contributed by atoms with Crippen molar-refractivity contribution in [1.29, 1.82) is 0 Å². The van der Waals surface area contributed by atoms with Crippen molar-refractivity contribution in [3.05, 3.63) is 29.8 Å². The number of piperazine rings is 1. The van der Waals surface area contributed by atoms with Gasteiger partial charge in [-0.15, -0.1) is 0 Å². The van der Waals surface area contributed by atoms with Crippen LogP contribution in [0.5, 0.6) is 5.75 Å². The smallest absolute Gasteiger partial charge is 0.257 e. The highest BCUT2D eigenvalue weighted by Crippen LogP contribution is 2.33. The molecule has 1 atom stereocenters. The number of aliphatic hydroxyl groups excluding tert-OH is 1. The summed E-state index contributed by atoms with van der Waals surface area (Å²) in [4.78, 5) is 16.9. The number of amides is 1. The van der Waals surface area contributed by atoms with E-state index in [2.05, 4.69) is 4.90 Å². The van der Waals surface area contributed by atoms with Crippen molar-refractivity contribution in [3.63, 3.8) is 0 Å². The van der Waals surface area contributed by atoms with E-state index < -0.39 is 0 Å². The highest BCUT2D eigenvalue weighted by Gasteiger charge is 2.32. The fourth-order valence-electron chi connectivity index (χ4n) is 3.12. The second kappa shape index (κ2) is 7.32. The van der Waals surface area contributed by atoms with Gasteiger partial charge in [0.15, 0.2) is 0 Å². The van der Waals surface area contributed by atoms with Crippen molar-refractivity contribution in [2.24, 2.45) is 5.92 Å². The molecule has 5 heteroatoms. The fourth-order valence-corrected chi connectivity index (χ4v) is 3.12. The van der Waals surface area contributed by atoms with E-state index in [4.69, 9.17) is 4.74 Å². The molecular formula is C18H26N2O3. The molecule has 1 aliphatic heterocycles. The maximum absolute atomic E-state index is 12.7. The molecule has 2 fully saturated rings. The van der Waals surface area contributed by atoms with E-state index in [0.717, 1.165) is 32.5 Å². The summed E-state index contributed by atoms with van der Waals surface area (Å²) in [5.41, 5.74) is 0.640. The molecule has 1 N–H and O–H groups in total. The summed E-state index contributed by atoms with van der Waals surface area (Å²) in [7, 11) is 0. The van der Waals surface area contributed by atoms with Crippen molar-refractivity contribution < 1.29 is 14.6 Å². The third kappa shape index (κ3) is 4.03. The maximum atomic E-state index is 12.7. The standard InChI is InChI=1S/C18H26N2O3/c1-2-23-17-6-4-3-5-15(17)18(22)20-11-9-19(10-12-20)13-16(21)14-7-8-14/h3-6,14,16,21H,2,7-13H2,1H3/t16-/m0/s1. The minimum absolute atomic E-state index is 0.0384. The van der Waals surface area contributed by atoms with Crippen LogP contribution in [0.3, 0.4) is 0 Å². The lowest BCUT2D eigenvalue weighted by molar-refractivity contribution is 0.0486. The third-order valence-corrected chi connectivity index (χ3v) is 4.69. The van der Waals surface area contributed by atoms with E-state index >= 15 is 0 Å². The van der Waals surface area contributed by atoms with Gasteiger partial charge in [-0.1, -0.05) is 12.1 Å². The van der Waals surface area contributed by atoms with Gasteiger partial charge in [-0.25, -0.2) is 0 Å². The highest BCUT2D eigenvalue weighted by atomic mass is 16.5. The predicted octanol–water partition coefficient (Wildman–Crippen LogP) is 1.61. The monoisotopic (exact) mass is 318 g/mol. The van der Waals surface area contributed by atoms with Gasteiger partial charge in [0.25, 0.3) is 5.91 Å². The lowest BCUT2D eigenvalue weighted by Gasteiger charge is -2.35. The zero-order chi connectivity index (χ0) is 16.2. The molecular weight excluding hydrogens is 292 g/mol. The van der Waals surface area contributed by atoms with Gasteiger partial charge in [0, 0.05) is 32.7 Å². The topological polar surface area (TPSA) is 53.0 Å². The number of carbonyl (C=O) groups is 1. The summed E-state index contributed by atoms with van der Waals surface area (Å²) >= 11 is 0. The first kappa shape index (κ1) is 16.3. The Morgan fingerprint density at radius 3 is 2.61 bits per heavy atom. The Morgan fingerprint density at radius 1 is 1.26 bits per heavy atom. The molecule has 126 valence electrons. The molecule has 1 amide bonds. The van der Waals surface area contributed by atoms with Gasteiger partial charge < -0.3 is 14.7 Å². The van der Waals surface area contributed by atoms with Crippen molar-refractivity contribution in [2.45, 2.75) is 25.9 Å². The molecule has 1 aromatic carbocycles. The Morgan fingerprint density at radius 2 is 1.96 bits per heavy atom. The lowest BCUT2D eigenvalue weighted by atomic mass is 10.1. The maximum Gasteiger partial charge on any atom is 0.257 e. The van der Waals surface area contributed by atoms with Gasteiger partial charge >= 0.3 is 0 Å². The number of aliphatic hydroxyl groups is 1. The SMILES string of the molecule is CCOc1ccccc1C(=O)N1CCN(C[C@H](O)C2CC2)CC1. The molecule has 0 spiro atoms. The average molecular weight is 318 g/mol. The van der Waals surface area contributed by atoms with Gasteiger partial charge in [0.1, 0.15) is 5.75 Å². The van der Waals surface area contributed by atoms with Crippen LogP contribution in [0.2, 0.25) is 0 Å². The molecule has 5 nitrogen and oxygen atoms in total. The Bertz CT molecular complexity index is 537. The van der Waals surface area contributed by atoms with Gasteiger partial charge in [0.05, 0.1) is 18.3 Å². The predicted molar refractivity (Wildman–Crippen MR) is 88.7 cm³/mol. The van der Waals surface area contributed by atoms with Crippen LogP contribution in [-0.4, -0.2) is 66.2 Å². The van der Waals surface area contributed by atoms with Crippen molar-refractivity contribution in [3.8, 4) is 5.75 Å². The normalized spacial score (nSPS) is 20.3. The molecule has 23 heavy (non-hydrogen) atoms. The summed E-state index contributed by atoms with van der Waals surface area (Å²) in [5.74, 6) is 1.20. The molecule has 0 bridgehead atoms. The van der Waals surface area contributed by atoms with Crippen LogP contribution in [0, 0.1) is 5.92 Å². The van der Waals surface area contributed by atoms with E-state index in [1.165, 1.54) is 0 Å².